The summed E-state index contributed by atoms with van der Waals surface area (Å²) in [6, 6.07) is 9.10. The molecule has 0 radical (unpaired) electrons. The summed E-state index contributed by atoms with van der Waals surface area (Å²) in [5.41, 5.74) is 0.966. The van der Waals surface area contributed by atoms with Gasteiger partial charge in [0.25, 0.3) is 0 Å². The first-order valence-electron chi connectivity index (χ1n) is 10.1. The van der Waals surface area contributed by atoms with Crippen molar-refractivity contribution in [2.24, 2.45) is 5.92 Å². The van der Waals surface area contributed by atoms with Gasteiger partial charge in [-0.2, -0.15) is 4.98 Å². The van der Waals surface area contributed by atoms with E-state index in [0.29, 0.717) is 30.5 Å². The van der Waals surface area contributed by atoms with E-state index in [1.165, 1.54) is 19.1 Å². The van der Waals surface area contributed by atoms with Crippen LogP contribution in [-0.2, 0) is 10.0 Å². The van der Waals surface area contributed by atoms with E-state index >= 15 is 0 Å². The number of nitrogens with zero attached hydrogens (tertiary/aromatic N) is 3. The van der Waals surface area contributed by atoms with E-state index in [-0.39, 0.29) is 0 Å². The lowest BCUT2D eigenvalue weighted by Crippen LogP contribution is -2.33. The molecule has 8 heteroatoms. The summed E-state index contributed by atoms with van der Waals surface area (Å²) in [7, 11) is -0.990. The first-order valence-corrected chi connectivity index (χ1v) is 12.0. The number of para-hydroxylation sites is 1. The van der Waals surface area contributed by atoms with E-state index in [0.717, 1.165) is 42.4 Å². The third-order valence-electron chi connectivity index (χ3n) is 5.83. The molecule has 2 saturated carbocycles. The molecule has 0 saturated heterocycles. The second kappa shape index (κ2) is 7.83. The van der Waals surface area contributed by atoms with E-state index in [2.05, 4.69) is 28.1 Å². The smallest absolute Gasteiger partial charge is 0.225 e. The Morgan fingerprint density at radius 3 is 2.46 bits per heavy atom. The Balaban J connectivity index is 1.44. The van der Waals surface area contributed by atoms with Crippen LogP contribution in [0.2, 0.25) is 0 Å². The van der Waals surface area contributed by atoms with Crippen LogP contribution in [-0.4, -0.2) is 50.3 Å². The van der Waals surface area contributed by atoms with Gasteiger partial charge in [0.2, 0.25) is 16.0 Å². The topological polar surface area (TPSA) is 87.2 Å². The van der Waals surface area contributed by atoms with Crippen LogP contribution in [0.1, 0.15) is 38.5 Å². The third-order valence-corrected chi connectivity index (χ3v) is 6.52. The fourth-order valence-electron chi connectivity index (χ4n) is 3.99. The van der Waals surface area contributed by atoms with Gasteiger partial charge in [0, 0.05) is 31.1 Å². The van der Waals surface area contributed by atoms with Crippen molar-refractivity contribution in [1.82, 2.24) is 14.7 Å². The maximum atomic E-state index is 11.3. The van der Waals surface area contributed by atoms with Gasteiger partial charge in [-0.1, -0.05) is 12.1 Å². The number of nitrogens with one attached hydrogen (secondary N) is 2. The van der Waals surface area contributed by atoms with Crippen molar-refractivity contribution in [1.29, 1.82) is 0 Å². The Hall–Kier alpha value is -1.93. The highest BCUT2D eigenvalue weighted by Gasteiger charge is 2.29. The summed E-state index contributed by atoms with van der Waals surface area (Å²) < 4.78 is 25.2. The Morgan fingerprint density at radius 2 is 1.79 bits per heavy atom. The van der Waals surface area contributed by atoms with E-state index in [4.69, 9.17) is 9.97 Å². The molecule has 2 fully saturated rings. The number of aromatic nitrogens is 2. The van der Waals surface area contributed by atoms with Gasteiger partial charge in [0.1, 0.15) is 5.82 Å². The van der Waals surface area contributed by atoms with Crippen LogP contribution in [0.3, 0.4) is 0 Å². The molecule has 0 amide bonds. The molecule has 0 bridgehead atoms. The van der Waals surface area contributed by atoms with Crippen LogP contribution >= 0.6 is 0 Å². The number of sulfonamides is 1. The first kappa shape index (κ1) is 19.4. The van der Waals surface area contributed by atoms with Crippen LogP contribution in [0.4, 0.5) is 11.8 Å². The summed E-state index contributed by atoms with van der Waals surface area (Å²) in [6.07, 6.45) is 7.67. The van der Waals surface area contributed by atoms with Crippen molar-refractivity contribution < 1.29 is 8.42 Å². The van der Waals surface area contributed by atoms with Crippen molar-refractivity contribution in [2.45, 2.75) is 50.6 Å². The second-order valence-electron chi connectivity index (χ2n) is 8.21. The molecule has 1 aromatic carbocycles. The van der Waals surface area contributed by atoms with Gasteiger partial charge in [-0.15, -0.1) is 0 Å². The molecule has 0 spiro atoms. The van der Waals surface area contributed by atoms with Crippen LogP contribution in [0.5, 0.6) is 0 Å². The number of benzene rings is 1. The average molecular weight is 404 g/mol. The summed E-state index contributed by atoms with van der Waals surface area (Å²) in [6.45, 7) is 0.536. The largest absolute Gasteiger partial charge is 0.356 e. The predicted octanol–water partition coefficient (Wildman–Crippen LogP) is 2.75. The number of rotatable bonds is 7. The Bertz CT molecular complexity index is 937. The molecule has 4 rings (SSSR count). The Morgan fingerprint density at radius 1 is 1.07 bits per heavy atom. The highest BCUT2D eigenvalue weighted by molar-refractivity contribution is 7.88. The lowest BCUT2D eigenvalue weighted by atomic mass is 9.86. The molecule has 152 valence electrons. The van der Waals surface area contributed by atoms with Crippen LogP contribution < -0.4 is 14.9 Å². The molecular weight excluding hydrogens is 374 g/mol. The summed E-state index contributed by atoms with van der Waals surface area (Å²) in [5, 5.41) is 4.63. The highest BCUT2D eigenvalue weighted by Crippen LogP contribution is 2.34. The van der Waals surface area contributed by atoms with Crippen molar-refractivity contribution >= 4 is 32.7 Å². The molecule has 2 aliphatic rings. The maximum Gasteiger partial charge on any atom is 0.225 e. The van der Waals surface area contributed by atoms with Gasteiger partial charge in [0.15, 0.2) is 0 Å². The molecule has 2 N–H and O–H groups in total. The molecule has 7 nitrogen and oxygen atoms in total. The second-order valence-corrected chi connectivity index (χ2v) is 10.0. The molecule has 1 heterocycles. The summed E-state index contributed by atoms with van der Waals surface area (Å²) in [4.78, 5) is 11.9. The minimum Gasteiger partial charge on any atom is -0.356 e. The molecule has 2 aromatic rings. The van der Waals surface area contributed by atoms with Crippen LogP contribution in [0.15, 0.2) is 24.3 Å². The lowest BCUT2D eigenvalue weighted by Gasteiger charge is -2.29. The van der Waals surface area contributed by atoms with Gasteiger partial charge < -0.3 is 10.2 Å². The average Bonchev–Trinajstić information content (AvgIpc) is 3.51. The van der Waals surface area contributed by atoms with Crippen molar-refractivity contribution in [3.8, 4) is 0 Å². The maximum absolute atomic E-state index is 11.3. The Labute approximate surface area is 167 Å². The van der Waals surface area contributed by atoms with Gasteiger partial charge in [-0.25, -0.2) is 18.1 Å². The lowest BCUT2D eigenvalue weighted by molar-refractivity contribution is 0.337. The van der Waals surface area contributed by atoms with Gasteiger partial charge in [0.05, 0.1) is 11.8 Å². The summed E-state index contributed by atoms with van der Waals surface area (Å²) >= 11 is 0. The first-order chi connectivity index (χ1) is 13.4. The normalized spacial score (nSPS) is 22.9. The zero-order valence-corrected chi connectivity index (χ0v) is 17.4. The molecule has 0 atom stereocenters. The third kappa shape index (κ3) is 4.72. The SMILES string of the molecule is CN(c1nc(NC2CCC(CNS(C)(=O)=O)CC2)nc2ccccc12)C1CC1. The van der Waals surface area contributed by atoms with Crippen molar-refractivity contribution in [3.05, 3.63) is 24.3 Å². The van der Waals surface area contributed by atoms with Crippen molar-refractivity contribution in [3.63, 3.8) is 0 Å². The minimum absolute atomic E-state index is 0.328. The predicted molar refractivity (Wildman–Crippen MR) is 113 cm³/mol. The van der Waals surface area contributed by atoms with Crippen LogP contribution in [0, 0.1) is 5.92 Å². The number of fused-ring (bicyclic) bond motifs is 1. The fraction of sp³-hybridized carbons (Fsp3) is 0.600. The molecule has 1 aromatic heterocycles. The Kier molecular flexibility index (Phi) is 5.42. The molecule has 0 aliphatic heterocycles. The molecule has 28 heavy (non-hydrogen) atoms. The number of anilines is 2. The quantitative estimate of drug-likeness (QED) is 0.739. The highest BCUT2D eigenvalue weighted by atomic mass is 32.2. The van der Waals surface area contributed by atoms with Gasteiger partial charge in [-0.05, 0) is 56.6 Å². The minimum atomic E-state index is -3.11. The van der Waals surface area contributed by atoms with E-state index in [1.54, 1.807) is 0 Å². The zero-order chi connectivity index (χ0) is 19.7. The zero-order valence-electron chi connectivity index (χ0n) is 16.6. The number of hydrogen-bond acceptors (Lipinski definition) is 6. The number of hydrogen-bond donors (Lipinski definition) is 2. The summed E-state index contributed by atoms with van der Waals surface area (Å²) in [5.74, 6) is 2.10. The van der Waals surface area contributed by atoms with Gasteiger partial charge in [-0.3, -0.25) is 0 Å². The monoisotopic (exact) mass is 403 g/mol. The molecule has 0 unspecified atom stereocenters. The molecule has 2 aliphatic carbocycles. The molecular formula is C20H29N5O2S. The fourth-order valence-corrected chi connectivity index (χ4v) is 4.53. The van der Waals surface area contributed by atoms with Crippen LogP contribution in [0.25, 0.3) is 10.9 Å². The van der Waals surface area contributed by atoms with Gasteiger partial charge >= 0.3 is 0 Å². The van der Waals surface area contributed by atoms with E-state index in [9.17, 15) is 8.42 Å². The van der Waals surface area contributed by atoms with Crippen molar-refractivity contribution in [2.75, 3.05) is 30.1 Å². The van der Waals surface area contributed by atoms with E-state index < -0.39 is 10.0 Å². The standard InChI is InChI=1S/C20H29N5O2S/c1-25(16-11-12-16)19-17-5-3-4-6-18(17)23-20(24-19)22-15-9-7-14(8-10-15)13-21-28(2,26)27/h3-6,14-16,21H,7-13H2,1-2H3,(H,22,23,24). The van der Waals surface area contributed by atoms with E-state index in [1.807, 2.05) is 18.2 Å².